The summed E-state index contributed by atoms with van der Waals surface area (Å²) >= 11 is 0. The summed E-state index contributed by atoms with van der Waals surface area (Å²) < 4.78 is 5.69. The number of nitrogens with one attached hydrogen (secondary N) is 3. The molecule has 0 atom stereocenters. The third kappa shape index (κ3) is 9.65. The molecule has 0 spiro atoms. The Morgan fingerprint density at radius 3 is 2.28 bits per heavy atom. The van der Waals surface area contributed by atoms with Crippen molar-refractivity contribution < 1.29 is 9.53 Å². The molecule has 0 aliphatic carbocycles. The first-order valence-corrected chi connectivity index (χ1v) is 9.80. The van der Waals surface area contributed by atoms with Gasteiger partial charge < -0.3 is 20.7 Å². The van der Waals surface area contributed by atoms with Crippen LogP contribution in [0.15, 0.2) is 59.6 Å². The van der Waals surface area contributed by atoms with Crippen LogP contribution in [0.2, 0.25) is 0 Å². The molecule has 0 unspecified atom stereocenters. The molecule has 1 amide bonds. The van der Waals surface area contributed by atoms with E-state index in [9.17, 15) is 4.79 Å². The van der Waals surface area contributed by atoms with E-state index >= 15 is 0 Å². The zero-order valence-corrected chi connectivity index (χ0v) is 19.4. The van der Waals surface area contributed by atoms with Gasteiger partial charge in [-0.1, -0.05) is 30.3 Å². The Bertz CT molecular complexity index is 736. The standard InChI is InChI=1S/C22H30N4O2.HI/c1-3-23-21(27)19-13-11-18(12-14-19)17-26-22(24-4-2)25-15-8-16-28-20-9-6-5-7-10-20;/h5-7,9-14H,3-4,8,15-17H2,1-2H3,(H,23,27)(H2,24,25,26);1H. The maximum atomic E-state index is 11.8. The SMILES string of the molecule is CCNC(=O)c1ccc(CN=C(NCC)NCCCOc2ccccc2)cc1.I. The first-order valence-electron chi connectivity index (χ1n) is 9.80. The number of ether oxygens (including phenoxy) is 1. The van der Waals surface area contributed by atoms with Crippen LogP contribution in [0.4, 0.5) is 0 Å². The Morgan fingerprint density at radius 2 is 1.62 bits per heavy atom. The fourth-order valence-electron chi connectivity index (χ4n) is 2.52. The van der Waals surface area contributed by atoms with E-state index in [0.717, 1.165) is 36.8 Å². The summed E-state index contributed by atoms with van der Waals surface area (Å²) in [5.74, 6) is 1.61. The third-order valence-corrected chi connectivity index (χ3v) is 3.94. The molecule has 2 aromatic rings. The molecule has 0 aliphatic rings. The molecule has 0 bridgehead atoms. The summed E-state index contributed by atoms with van der Waals surface area (Å²) in [4.78, 5) is 16.4. The quantitative estimate of drug-likeness (QED) is 0.198. The van der Waals surface area contributed by atoms with Gasteiger partial charge in [-0.2, -0.15) is 0 Å². The smallest absolute Gasteiger partial charge is 0.251 e. The molecule has 2 aromatic carbocycles. The largest absolute Gasteiger partial charge is 0.494 e. The molecule has 0 radical (unpaired) electrons. The Labute approximate surface area is 190 Å². The van der Waals surface area contributed by atoms with Crippen LogP contribution in [0.3, 0.4) is 0 Å². The normalized spacial score (nSPS) is 10.6. The van der Waals surface area contributed by atoms with Crippen LogP contribution in [0.25, 0.3) is 0 Å². The highest BCUT2D eigenvalue weighted by atomic mass is 127. The highest BCUT2D eigenvalue weighted by Crippen LogP contribution is 2.08. The van der Waals surface area contributed by atoms with Crippen molar-refractivity contribution in [1.82, 2.24) is 16.0 Å². The molecule has 0 aliphatic heterocycles. The van der Waals surface area contributed by atoms with Gasteiger partial charge in [-0.15, -0.1) is 24.0 Å². The Balaban J connectivity index is 0.00000420. The van der Waals surface area contributed by atoms with Gasteiger partial charge in [0.15, 0.2) is 5.96 Å². The second kappa shape index (κ2) is 14.7. The van der Waals surface area contributed by atoms with Gasteiger partial charge in [0.25, 0.3) is 5.91 Å². The lowest BCUT2D eigenvalue weighted by molar-refractivity contribution is 0.0956. The van der Waals surface area contributed by atoms with Gasteiger partial charge in [-0.05, 0) is 50.1 Å². The number of nitrogens with zero attached hydrogens (tertiary/aromatic N) is 1. The highest BCUT2D eigenvalue weighted by molar-refractivity contribution is 14.0. The van der Waals surface area contributed by atoms with E-state index in [0.29, 0.717) is 25.3 Å². The number of amides is 1. The van der Waals surface area contributed by atoms with Gasteiger partial charge in [0.1, 0.15) is 5.75 Å². The molecule has 29 heavy (non-hydrogen) atoms. The lowest BCUT2D eigenvalue weighted by atomic mass is 10.1. The van der Waals surface area contributed by atoms with E-state index in [-0.39, 0.29) is 29.9 Å². The molecular formula is C22H31IN4O2. The molecule has 2 rings (SSSR count). The minimum Gasteiger partial charge on any atom is -0.494 e. The number of halogens is 1. The topological polar surface area (TPSA) is 74.8 Å². The van der Waals surface area contributed by atoms with Crippen molar-refractivity contribution in [3.8, 4) is 5.75 Å². The van der Waals surface area contributed by atoms with Crippen LogP contribution in [0.1, 0.15) is 36.2 Å². The van der Waals surface area contributed by atoms with Crippen LogP contribution in [0.5, 0.6) is 5.75 Å². The molecule has 3 N–H and O–H groups in total. The van der Waals surface area contributed by atoms with Crippen molar-refractivity contribution in [2.75, 3.05) is 26.2 Å². The summed E-state index contributed by atoms with van der Waals surface area (Å²) in [6, 6.07) is 17.3. The second-order valence-corrected chi connectivity index (χ2v) is 6.19. The number of hydrogen-bond donors (Lipinski definition) is 3. The molecule has 158 valence electrons. The summed E-state index contributed by atoms with van der Waals surface area (Å²) in [5, 5.41) is 9.36. The lowest BCUT2D eigenvalue weighted by Crippen LogP contribution is -2.38. The van der Waals surface area contributed by atoms with E-state index in [1.54, 1.807) is 0 Å². The van der Waals surface area contributed by atoms with Gasteiger partial charge in [-0.25, -0.2) is 4.99 Å². The fraction of sp³-hybridized carbons (Fsp3) is 0.364. The third-order valence-electron chi connectivity index (χ3n) is 3.94. The Kier molecular flexibility index (Phi) is 12.5. The number of para-hydroxylation sites is 1. The molecule has 0 saturated heterocycles. The molecule has 7 heteroatoms. The minimum atomic E-state index is -0.0507. The summed E-state index contributed by atoms with van der Waals surface area (Å²) in [7, 11) is 0. The van der Waals surface area contributed by atoms with Crippen LogP contribution < -0.4 is 20.7 Å². The van der Waals surface area contributed by atoms with E-state index in [1.165, 1.54) is 0 Å². The van der Waals surface area contributed by atoms with Crippen molar-refractivity contribution in [2.24, 2.45) is 4.99 Å². The van der Waals surface area contributed by atoms with Gasteiger partial charge in [0.05, 0.1) is 13.2 Å². The van der Waals surface area contributed by atoms with Crippen LogP contribution in [-0.4, -0.2) is 38.1 Å². The molecule has 0 heterocycles. The maximum Gasteiger partial charge on any atom is 0.251 e. The lowest BCUT2D eigenvalue weighted by Gasteiger charge is -2.12. The predicted octanol–water partition coefficient (Wildman–Crippen LogP) is 3.58. The number of guanidine groups is 1. The number of aliphatic imine (C=N–C) groups is 1. The Morgan fingerprint density at radius 1 is 0.931 bits per heavy atom. The molecular weight excluding hydrogens is 479 g/mol. The van der Waals surface area contributed by atoms with E-state index in [4.69, 9.17) is 4.74 Å². The van der Waals surface area contributed by atoms with Gasteiger partial charge >= 0.3 is 0 Å². The monoisotopic (exact) mass is 510 g/mol. The van der Waals surface area contributed by atoms with Crippen molar-refractivity contribution in [3.63, 3.8) is 0 Å². The molecule has 0 aromatic heterocycles. The van der Waals surface area contributed by atoms with Gasteiger partial charge in [-0.3, -0.25) is 4.79 Å². The van der Waals surface area contributed by atoms with E-state index < -0.39 is 0 Å². The molecule has 0 saturated carbocycles. The average Bonchev–Trinajstić information content (AvgIpc) is 2.73. The fourth-order valence-corrected chi connectivity index (χ4v) is 2.52. The number of carbonyl (C=O) groups is 1. The predicted molar refractivity (Wildman–Crippen MR) is 129 cm³/mol. The molecule has 6 nitrogen and oxygen atoms in total. The van der Waals surface area contributed by atoms with Crippen LogP contribution >= 0.6 is 24.0 Å². The van der Waals surface area contributed by atoms with E-state index in [2.05, 4.69) is 20.9 Å². The van der Waals surface area contributed by atoms with Gasteiger partial charge in [0.2, 0.25) is 0 Å². The van der Waals surface area contributed by atoms with Crippen molar-refractivity contribution in [3.05, 3.63) is 65.7 Å². The van der Waals surface area contributed by atoms with E-state index in [1.807, 2.05) is 68.4 Å². The maximum absolute atomic E-state index is 11.8. The van der Waals surface area contributed by atoms with Crippen LogP contribution in [0, 0.1) is 0 Å². The first kappa shape index (κ1) is 24.7. The number of hydrogen-bond acceptors (Lipinski definition) is 3. The number of carbonyl (C=O) groups excluding carboxylic acids is 1. The number of rotatable bonds is 10. The summed E-state index contributed by atoms with van der Waals surface area (Å²) in [6.07, 6.45) is 0.876. The van der Waals surface area contributed by atoms with Crippen LogP contribution in [-0.2, 0) is 6.54 Å². The Hall–Kier alpha value is -2.29. The second-order valence-electron chi connectivity index (χ2n) is 6.19. The van der Waals surface area contributed by atoms with Crippen molar-refractivity contribution in [1.29, 1.82) is 0 Å². The van der Waals surface area contributed by atoms with Crippen molar-refractivity contribution >= 4 is 35.8 Å². The number of benzene rings is 2. The average molecular weight is 510 g/mol. The van der Waals surface area contributed by atoms with Gasteiger partial charge in [0, 0.05) is 25.2 Å². The highest BCUT2D eigenvalue weighted by Gasteiger charge is 2.03. The zero-order chi connectivity index (χ0) is 20.0. The minimum absolute atomic E-state index is 0. The first-order chi connectivity index (χ1) is 13.7. The zero-order valence-electron chi connectivity index (χ0n) is 17.1. The molecule has 0 fully saturated rings. The van der Waals surface area contributed by atoms with Crippen molar-refractivity contribution in [2.45, 2.75) is 26.8 Å². The summed E-state index contributed by atoms with van der Waals surface area (Å²) in [5.41, 5.74) is 1.72. The summed E-state index contributed by atoms with van der Waals surface area (Å²) in [6.45, 7) is 7.33.